The molecule has 1 aliphatic rings. The quantitative estimate of drug-likeness (QED) is 0.518. The van der Waals surface area contributed by atoms with E-state index in [1.807, 2.05) is 7.05 Å². The second-order valence-corrected chi connectivity index (χ2v) is 2.46. The summed E-state index contributed by atoms with van der Waals surface area (Å²) in [6.07, 6.45) is 1.23. The van der Waals surface area contributed by atoms with E-state index in [-0.39, 0.29) is 0 Å². The lowest BCUT2D eigenvalue weighted by Crippen LogP contribution is -2.41. The van der Waals surface area contributed by atoms with E-state index in [1.54, 1.807) is 0 Å². The zero-order valence-corrected chi connectivity index (χ0v) is 5.85. The minimum atomic E-state index is 0.785. The van der Waals surface area contributed by atoms with Crippen molar-refractivity contribution in [2.45, 2.75) is 6.42 Å². The first-order valence-electron chi connectivity index (χ1n) is 3.47. The molecule has 3 heteroatoms. The lowest BCUT2D eigenvalue weighted by molar-refractivity contribution is 0.323. The zero-order chi connectivity index (χ0) is 6.53. The van der Waals surface area contributed by atoms with Crippen LogP contribution in [0.5, 0.6) is 0 Å². The number of nitrogens with one attached hydrogen (secondary N) is 2. The van der Waals surface area contributed by atoms with E-state index in [4.69, 9.17) is 0 Å². The van der Waals surface area contributed by atoms with Crippen LogP contribution in [-0.4, -0.2) is 26.7 Å². The predicted molar refractivity (Wildman–Crippen MR) is 37.0 cm³/mol. The van der Waals surface area contributed by atoms with E-state index in [0.29, 0.717) is 0 Å². The van der Waals surface area contributed by atoms with E-state index in [9.17, 15) is 0 Å². The SMILES string of the molecule is CNCC1CC[N]NC1. The van der Waals surface area contributed by atoms with E-state index in [0.717, 1.165) is 25.6 Å². The van der Waals surface area contributed by atoms with Crippen LogP contribution in [0.15, 0.2) is 0 Å². The molecule has 1 fully saturated rings. The number of nitrogens with zero attached hydrogens (tertiary/aromatic N) is 1. The topological polar surface area (TPSA) is 38.2 Å². The van der Waals surface area contributed by atoms with Gasteiger partial charge >= 0.3 is 0 Å². The van der Waals surface area contributed by atoms with Gasteiger partial charge in [-0.1, -0.05) is 0 Å². The van der Waals surface area contributed by atoms with Gasteiger partial charge in [0.25, 0.3) is 0 Å². The molecular weight excluding hydrogens is 114 g/mol. The molecule has 0 aromatic carbocycles. The van der Waals surface area contributed by atoms with Crippen LogP contribution < -0.4 is 16.2 Å². The zero-order valence-electron chi connectivity index (χ0n) is 5.85. The average Bonchev–Trinajstić information content (AvgIpc) is 1.91. The predicted octanol–water partition coefficient (Wildman–Crippen LogP) is -0.665. The smallest absolute Gasteiger partial charge is 0.0307 e. The standard InChI is InChI=1S/C6H14N3/c1-7-4-6-2-3-8-9-5-6/h6-7,9H,2-5H2,1H3. The molecule has 1 rings (SSSR count). The van der Waals surface area contributed by atoms with Gasteiger partial charge in [-0.2, -0.15) is 5.43 Å². The summed E-state index contributed by atoms with van der Waals surface area (Å²) in [5, 5.41) is 3.16. The normalized spacial score (nSPS) is 28.3. The molecule has 0 aromatic rings. The minimum Gasteiger partial charge on any atom is -0.319 e. The second-order valence-electron chi connectivity index (χ2n) is 2.46. The Hall–Kier alpha value is -0.120. The molecule has 53 valence electrons. The van der Waals surface area contributed by atoms with Crippen molar-refractivity contribution in [1.82, 2.24) is 16.2 Å². The molecule has 1 saturated heterocycles. The molecule has 9 heavy (non-hydrogen) atoms. The molecule has 2 N–H and O–H groups in total. The van der Waals surface area contributed by atoms with Crippen molar-refractivity contribution in [2.24, 2.45) is 5.92 Å². The van der Waals surface area contributed by atoms with Crippen LogP contribution in [0.4, 0.5) is 0 Å². The lowest BCUT2D eigenvalue weighted by Gasteiger charge is -2.21. The molecule has 0 amide bonds. The molecule has 1 radical (unpaired) electrons. The van der Waals surface area contributed by atoms with Gasteiger partial charge in [-0.25, -0.2) is 5.43 Å². The van der Waals surface area contributed by atoms with Gasteiger partial charge in [-0.15, -0.1) is 0 Å². The van der Waals surface area contributed by atoms with Crippen molar-refractivity contribution in [1.29, 1.82) is 0 Å². The first-order valence-corrected chi connectivity index (χ1v) is 3.47. The number of hydrogen-bond donors (Lipinski definition) is 2. The molecule has 1 heterocycles. The fraction of sp³-hybridized carbons (Fsp3) is 1.00. The molecule has 1 atom stereocenters. The lowest BCUT2D eigenvalue weighted by atomic mass is 10.1. The minimum absolute atomic E-state index is 0.785. The van der Waals surface area contributed by atoms with Crippen molar-refractivity contribution < 1.29 is 0 Å². The Morgan fingerprint density at radius 3 is 3.22 bits per heavy atom. The average molecular weight is 128 g/mol. The van der Waals surface area contributed by atoms with Gasteiger partial charge < -0.3 is 5.32 Å². The summed E-state index contributed by atoms with van der Waals surface area (Å²) in [4.78, 5) is 0. The van der Waals surface area contributed by atoms with E-state index >= 15 is 0 Å². The highest BCUT2D eigenvalue weighted by Crippen LogP contribution is 2.01. The van der Waals surface area contributed by atoms with Crippen LogP contribution in [0.2, 0.25) is 0 Å². The van der Waals surface area contributed by atoms with Crippen molar-refractivity contribution in [3.05, 3.63) is 0 Å². The monoisotopic (exact) mass is 128 g/mol. The van der Waals surface area contributed by atoms with Crippen LogP contribution in [-0.2, 0) is 0 Å². The molecule has 0 bridgehead atoms. The third-order valence-corrected chi connectivity index (χ3v) is 1.63. The van der Waals surface area contributed by atoms with Gasteiger partial charge in [0.2, 0.25) is 0 Å². The van der Waals surface area contributed by atoms with Crippen molar-refractivity contribution >= 4 is 0 Å². The maximum absolute atomic E-state index is 4.03. The van der Waals surface area contributed by atoms with Crippen LogP contribution in [0.3, 0.4) is 0 Å². The molecule has 3 nitrogen and oxygen atoms in total. The highest BCUT2D eigenvalue weighted by atomic mass is 15.4. The molecule has 0 aromatic heterocycles. The maximum atomic E-state index is 4.03. The van der Waals surface area contributed by atoms with Gasteiger partial charge in [0.15, 0.2) is 0 Å². The molecule has 1 aliphatic heterocycles. The summed E-state index contributed by atoms with van der Waals surface area (Å²) < 4.78 is 0. The van der Waals surface area contributed by atoms with Crippen LogP contribution in [0.1, 0.15) is 6.42 Å². The fourth-order valence-electron chi connectivity index (χ4n) is 1.08. The van der Waals surface area contributed by atoms with Gasteiger partial charge in [0, 0.05) is 13.1 Å². The maximum Gasteiger partial charge on any atom is 0.0307 e. The Kier molecular flexibility index (Phi) is 2.97. The summed E-state index contributed by atoms with van der Waals surface area (Å²) in [5.41, 5.74) is 7.04. The Labute approximate surface area is 56.2 Å². The molecule has 1 unspecified atom stereocenters. The highest BCUT2D eigenvalue weighted by molar-refractivity contribution is 4.67. The number of hydrogen-bond acceptors (Lipinski definition) is 2. The molecule has 0 aliphatic carbocycles. The highest BCUT2D eigenvalue weighted by Gasteiger charge is 2.11. The van der Waals surface area contributed by atoms with Crippen molar-refractivity contribution in [2.75, 3.05) is 26.7 Å². The third kappa shape index (κ3) is 2.30. The van der Waals surface area contributed by atoms with Gasteiger partial charge in [-0.3, -0.25) is 0 Å². The Balaban J connectivity index is 2.08. The van der Waals surface area contributed by atoms with E-state index in [2.05, 4.69) is 16.2 Å². The van der Waals surface area contributed by atoms with Crippen LogP contribution in [0, 0.1) is 5.92 Å². The summed E-state index contributed by atoms with van der Waals surface area (Å²) in [7, 11) is 1.99. The summed E-state index contributed by atoms with van der Waals surface area (Å²) >= 11 is 0. The third-order valence-electron chi connectivity index (χ3n) is 1.63. The van der Waals surface area contributed by atoms with E-state index < -0.39 is 0 Å². The first kappa shape index (κ1) is 6.99. The summed E-state index contributed by atoms with van der Waals surface area (Å²) in [6, 6.07) is 0. The second kappa shape index (κ2) is 3.82. The summed E-state index contributed by atoms with van der Waals surface area (Å²) in [6.45, 7) is 3.13. The first-order chi connectivity index (χ1) is 4.43. The summed E-state index contributed by atoms with van der Waals surface area (Å²) in [5.74, 6) is 0.785. The Morgan fingerprint density at radius 2 is 2.67 bits per heavy atom. The van der Waals surface area contributed by atoms with Gasteiger partial charge in [0.1, 0.15) is 0 Å². The van der Waals surface area contributed by atoms with E-state index in [1.165, 1.54) is 6.42 Å². The molecule has 0 saturated carbocycles. The Morgan fingerprint density at radius 1 is 1.78 bits per heavy atom. The van der Waals surface area contributed by atoms with Crippen LogP contribution >= 0.6 is 0 Å². The van der Waals surface area contributed by atoms with Crippen LogP contribution in [0.25, 0.3) is 0 Å². The Bertz CT molecular complexity index is 65.9. The molecular formula is C6H14N3. The fourth-order valence-corrected chi connectivity index (χ4v) is 1.08. The largest absolute Gasteiger partial charge is 0.319 e. The van der Waals surface area contributed by atoms with Crippen molar-refractivity contribution in [3.8, 4) is 0 Å². The number of rotatable bonds is 2. The van der Waals surface area contributed by atoms with Gasteiger partial charge in [-0.05, 0) is 25.9 Å². The van der Waals surface area contributed by atoms with Crippen molar-refractivity contribution in [3.63, 3.8) is 0 Å². The van der Waals surface area contributed by atoms with Gasteiger partial charge in [0.05, 0.1) is 0 Å². The molecule has 0 spiro atoms.